The second-order valence-corrected chi connectivity index (χ2v) is 19.8. The van der Waals surface area contributed by atoms with Crippen LogP contribution in [0, 0.1) is 0 Å². The number of hydrogen-bond acceptors (Lipinski definition) is 5. The van der Waals surface area contributed by atoms with Crippen LogP contribution in [0.2, 0.25) is 0 Å². The van der Waals surface area contributed by atoms with E-state index in [0.717, 1.165) is 88.4 Å². The molecule has 11 aromatic carbocycles. The summed E-state index contributed by atoms with van der Waals surface area (Å²) >= 11 is 0. The molecule has 3 heterocycles. The van der Waals surface area contributed by atoms with Gasteiger partial charge in [0.2, 0.25) is 0 Å². The molecule has 5 heteroatoms. The van der Waals surface area contributed by atoms with E-state index in [1.807, 2.05) is 42.5 Å². The van der Waals surface area contributed by atoms with Gasteiger partial charge in [-0.25, -0.2) is 15.0 Å². The van der Waals surface area contributed by atoms with E-state index in [1.54, 1.807) is 0 Å². The zero-order chi connectivity index (χ0) is 49.2. The number of aromatic nitrogens is 3. The maximum absolute atomic E-state index is 6.64. The van der Waals surface area contributed by atoms with Crippen molar-refractivity contribution in [3.05, 3.63) is 271 Å². The average molecular weight is 956 g/mol. The first-order chi connectivity index (χ1) is 37.1. The normalized spacial score (nSPS) is 12.9. The van der Waals surface area contributed by atoms with Crippen molar-refractivity contribution in [3.63, 3.8) is 0 Å². The van der Waals surface area contributed by atoms with Crippen LogP contribution in [0.25, 0.3) is 134 Å². The summed E-state index contributed by atoms with van der Waals surface area (Å²) in [5.41, 5.74) is 22.7. The third kappa shape index (κ3) is 6.22. The molecular formula is C70H41N3O2. The van der Waals surface area contributed by atoms with Gasteiger partial charge in [0, 0.05) is 38.2 Å². The molecule has 75 heavy (non-hydrogen) atoms. The molecular weight excluding hydrogens is 915 g/mol. The number of nitrogens with zero attached hydrogens (tertiary/aromatic N) is 3. The van der Waals surface area contributed by atoms with Crippen LogP contribution in [-0.2, 0) is 5.41 Å². The third-order valence-electron chi connectivity index (χ3n) is 15.8. The minimum Gasteiger partial charge on any atom is -0.456 e. The van der Waals surface area contributed by atoms with Crippen LogP contribution in [0.1, 0.15) is 22.3 Å². The second-order valence-electron chi connectivity index (χ2n) is 19.8. The summed E-state index contributed by atoms with van der Waals surface area (Å²) in [5.74, 6) is 1.67. The number of hydrogen-bond donors (Lipinski definition) is 0. The van der Waals surface area contributed by atoms with Crippen molar-refractivity contribution in [1.29, 1.82) is 0 Å². The van der Waals surface area contributed by atoms with E-state index < -0.39 is 0 Å². The molecule has 0 atom stereocenters. The Labute approximate surface area is 431 Å². The van der Waals surface area contributed by atoms with E-state index in [1.165, 1.54) is 50.1 Å². The Morgan fingerprint density at radius 3 is 1.44 bits per heavy atom. The lowest BCUT2D eigenvalue weighted by Gasteiger charge is -2.30. The maximum Gasteiger partial charge on any atom is 0.164 e. The van der Waals surface area contributed by atoms with E-state index in [2.05, 4.69) is 206 Å². The van der Waals surface area contributed by atoms with Gasteiger partial charge < -0.3 is 8.83 Å². The minimum atomic E-state index is -0.372. The number of furan rings is 2. The van der Waals surface area contributed by atoms with Gasteiger partial charge >= 0.3 is 0 Å². The topological polar surface area (TPSA) is 65.0 Å². The largest absolute Gasteiger partial charge is 0.456 e. The lowest BCUT2D eigenvalue weighted by atomic mass is 9.70. The van der Waals surface area contributed by atoms with Gasteiger partial charge in [0.25, 0.3) is 0 Å². The Hall–Kier alpha value is -9.97. The molecule has 14 aromatic rings. The smallest absolute Gasteiger partial charge is 0.164 e. The molecule has 0 amide bonds. The van der Waals surface area contributed by atoms with E-state index in [9.17, 15) is 0 Å². The molecule has 2 aliphatic carbocycles. The number of fused-ring (bicyclic) bond motifs is 16. The first-order valence-corrected chi connectivity index (χ1v) is 25.5. The van der Waals surface area contributed by atoms with Gasteiger partial charge in [-0.15, -0.1) is 0 Å². The van der Waals surface area contributed by atoms with Gasteiger partial charge in [-0.3, -0.25) is 0 Å². The van der Waals surface area contributed by atoms with Crippen molar-refractivity contribution in [2.75, 3.05) is 0 Å². The van der Waals surface area contributed by atoms with E-state index in [4.69, 9.17) is 23.8 Å². The fraction of sp³-hybridized carbons (Fsp3) is 0.0143. The third-order valence-corrected chi connectivity index (χ3v) is 15.8. The number of rotatable bonds is 6. The summed E-state index contributed by atoms with van der Waals surface area (Å²) in [5, 5.41) is 4.05. The van der Waals surface area contributed by atoms with E-state index in [-0.39, 0.29) is 5.41 Å². The fourth-order valence-corrected chi connectivity index (χ4v) is 12.4. The highest BCUT2D eigenvalue weighted by atomic mass is 16.3. The van der Waals surface area contributed by atoms with Gasteiger partial charge in [-0.2, -0.15) is 0 Å². The Morgan fingerprint density at radius 1 is 0.240 bits per heavy atom. The fourth-order valence-electron chi connectivity index (χ4n) is 12.4. The molecule has 0 saturated carbocycles. The van der Waals surface area contributed by atoms with Crippen molar-refractivity contribution in [3.8, 4) is 89.8 Å². The van der Waals surface area contributed by atoms with Crippen LogP contribution in [0.15, 0.2) is 258 Å². The SMILES string of the molecule is c1ccc(-c2cccc(-c3nc(-c4ccc5c(c4)oc4ccccc45)nc(-c4cccc5oc6ccc(-c7cccc(-c8ccc9c(c8)-c8ccccc8C98c9ccccc9-c9ccccc98)c7)cc6c45)n3)c2)cc1. The van der Waals surface area contributed by atoms with Crippen molar-refractivity contribution in [1.82, 2.24) is 15.0 Å². The molecule has 0 saturated heterocycles. The molecule has 0 bridgehead atoms. The maximum atomic E-state index is 6.64. The highest BCUT2D eigenvalue weighted by Crippen LogP contribution is 2.63. The molecule has 3 aromatic heterocycles. The van der Waals surface area contributed by atoms with Crippen LogP contribution in [0.5, 0.6) is 0 Å². The average Bonchev–Trinajstić information content (AvgIpc) is 4.28. The predicted octanol–water partition coefficient (Wildman–Crippen LogP) is 18.0. The van der Waals surface area contributed by atoms with Gasteiger partial charge in [-0.05, 0) is 132 Å². The van der Waals surface area contributed by atoms with Crippen LogP contribution in [-0.4, -0.2) is 15.0 Å². The second kappa shape index (κ2) is 16.0. The highest BCUT2D eigenvalue weighted by molar-refractivity contribution is 6.13. The standard InChI is InChI=1S/C70H41N3O2/c1-2-15-42(16-3-1)43-17-13-20-48(38-43)67-71-68(49-31-34-54-53-24-7-11-29-62(53)75-65(54)41-49)73-69(72-67)55-25-14-30-64-66(55)57-40-47(33-36-63(57)74-64)45-19-12-18-44(37-45)46-32-35-61-56(39-46)52-23-6-10-28-60(52)70(61)58-26-8-4-21-50(58)51-22-5-9-27-59(51)70/h1-41H. The summed E-state index contributed by atoms with van der Waals surface area (Å²) < 4.78 is 13.0. The quantitative estimate of drug-likeness (QED) is 0.166. The molecule has 0 fully saturated rings. The first kappa shape index (κ1) is 41.6. The molecule has 0 radical (unpaired) electrons. The molecule has 0 N–H and O–H groups in total. The molecule has 16 rings (SSSR count). The number of para-hydroxylation sites is 1. The Morgan fingerprint density at radius 2 is 0.693 bits per heavy atom. The zero-order valence-corrected chi connectivity index (χ0v) is 40.3. The monoisotopic (exact) mass is 955 g/mol. The molecule has 5 nitrogen and oxygen atoms in total. The summed E-state index contributed by atoms with van der Waals surface area (Å²) in [4.78, 5) is 15.8. The predicted molar refractivity (Wildman–Crippen MR) is 303 cm³/mol. The van der Waals surface area contributed by atoms with E-state index >= 15 is 0 Å². The van der Waals surface area contributed by atoms with Crippen molar-refractivity contribution >= 4 is 43.9 Å². The molecule has 1 spiro atoms. The Kier molecular flexibility index (Phi) is 8.89. The lowest BCUT2D eigenvalue weighted by Crippen LogP contribution is -2.25. The summed E-state index contributed by atoms with van der Waals surface area (Å²) in [6.07, 6.45) is 0. The van der Waals surface area contributed by atoms with Crippen molar-refractivity contribution in [2.45, 2.75) is 5.41 Å². The van der Waals surface area contributed by atoms with E-state index in [0.29, 0.717) is 17.5 Å². The Bertz CT molecular complexity index is 4630. The van der Waals surface area contributed by atoms with Gasteiger partial charge in [0.05, 0.1) is 5.41 Å². The molecule has 2 aliphatic rings. The Balaban J connectivity index is 0.821. The van der Waals surface area contributed by atoms with Crippen LogP contribution >= 0.6 is 0 Å². The molecule has 348 valence electrons. The van der Waals surface area contributed by atoms with Crippen molar-refractivity contribution in [2.24, 2.45) is 0 Å². The summed E-state index contributed by atoms with van der Waals surface area (Å²) in [6.45, 7) is 0. The van der Waals surface area contributed by atoms with Crippen LogP contribution < -0.4 is 0 Å². The zero-order valence-electron chi connectivity index (χ0n) is 40.3. The van der Waals surface area contributed by atoms with Crippen molar-refractivity contribution < 1.29 is 8.83 Å². The lowest BCUT2D eigenvalue weighted by molar-refractivity contribution is 0.668. The van der Waals surface area contributed by atoms with Crippen LogP contribution in [0.3, 0.4) is 0 Å². The first-order valence-electron chi connectivity index (χ1n) is 25.5. The summed E-state index contributed by atoms with van der Waals surface area (Å²) in [7, 11) is 0. The molecule has 0 unspecified atom stereocenters. The van der Waals surface area contributed by atoms with Crippen LogP contribution in [0.4, 0.5) is 0 Å². The highest BCUT2D eigenvalue weighted by Gasteiger charge is 2.51. The van der Waals surface area contributed by atoms with Gasteiger partial charge in [-0.1, -0.05) is 194 Å². The number of benzene rings is 11. The summed E-state index contributed by atoms with van der Waals surface area (Å²) in [6, 6.07) is 88.8. The molecule has 0 aliphatic heterocycles. The van der Waals surface area contributed by atoms with Gasteiger partial charge in [0.15, 0.2) is 17.5 Å². The van der Waals surface area contributed by atoms with Gasteiger partial charge in [0.1, 0.15) is 22.3 Å². The minimum absolute atomic E-state index is 0.372.